The molecule has 3 aromatic carbocycles. The van der Waals surface area contributed by atoms with Crippen molar-refractivity contribution in [1.82, 2.24) is 0 Å². The Hall–Kier alpha value is -2.83. The minimum Gasteiger partial charge on any atom is -0.378 e. The van der Waals surface area contributed by atoms with E-state index < -0.39 is 10.0 Å². The second kappa shape index (κ2) is 7.94. The van der Waals surface area contributed by atoms with Crippen LogP contribution in [0.2, 0.25) is 5.02 Å². The average molecular weight is 469 g/mol. The number of benzene rings is 3. The number of allylic oxidation sites excluding steroid dienone is 2. The van der Waals surface area contributed by atoms with E-state index >= 15 is 0 Å². The van der Waals surface area contributed by atoms with E-state index in [1.54, 1.807) is 42.5 Å². The van der Waals surface area contributed by atoms with Gasteiger partial charge in [-0.25, -0.2) is 12.8 Å². The van der Waals surface area contributed by atoms with Gasteiger partial charge in [-0.15, -0.1) is 0 Å². The highest BCUT2D eigenvalue weighted by atomic mass is 35.5. The van der Waals surface area contributed by atoms with Crippen LogP contribution in [-0.2, 0) is 10.0 Å². The van der Waals surface area contributed by atoms with Gasteiger partial charge >= 0.3 is 0 Å². The minimum atomic E-state index is -3.80. The molecule has 4 nitrogen and oxygen atoms in total. The highest BCUT2D eigenvalue weighted by molar-refractivity contribution is 7.92. The summed E-state index contributed by atoms with van der Waals surface area (Å²) in [4.78, 5) is 0.179. The first-order valence-electron chi connectivity index (χ1n) is 10.4. The van der Waals surface area contributed by atoms with Gasteiger partial charge in [0.25, 0.3) is 10.0 Å². The van der Waals surface area contributed by atoms with Crippen molar-refractivity contribution >= 4 is 33.0 Å². The molecule has 32 heavy (non-hydrogen) atoms. The maximum atomic E-state index is 14.5. The summed E-state index contributed by atoms with van der Waals surface area (Å²) in [6.07, 6.45) is 4.99. The number of hydrogen-bond donors (Lipinski definition) is 2. The van der Waals surface area contributed by atoms with E-state index in [1.807, 2.05) is 19.1 Å². The van der Waals surface area contributed by atoms with Crippen molar-refractivity contribution in [3.63, 3.8) is 0 Å². The van der Waals surface area contributed by atoms with Crippen LogP contribution in [0.3, 0.4) is 0 Å². The van der Waals surface area contributed by atoms with E-state index in [0.717, 1.165) is 23.2 Å². The number of aryl methyl sites for hydroxylation is 1. The number of sulfonamides is 1. The molecule has 0 unspecified atom stereocenters. The average Bonchev–Trinajstić information content (AvgIpc) is 3.26. The van der Waals surface area contributed by atoms with Crippen molar-refractivity contribution in [2.75, 3.05) is 10.0 Å². The zero-order valence-electron chi connectivity index (χ0n) is 17.3. The predicted octanol–water partition coefficient (Wildman–Crippen LogP) is 6.41. The van der Waals surface area contributed by atoms with Crippen LogP contribution < -0.4 is 10.0 Å². The molecule has 164 valence electrons. The topological polar surface area (TPSA) is 58.2 Å². The Kier molecular flexibility index (Phi) is 5.22. The molecule has 0 fully saturated rings. The van der Waals surface area contributed by atoms with Crippen LogP contribution >= 0.6 is 11.6 Å². The largest absolute Gasteiger partial charge is 0.378 e. The molecule has 1 aliphatic heterocycles. The quantitative estimate of drug-likeness (QED) is 0.434. The summed E-state index contributed by atoms with van der Waals surface area (Å²) in [6.45, 7) is 1.86. The fourth-order valence-electron chi connectivity index (χ4n) is 4.65. The molecule has 2 aliphatic rings. The fraction of sp³-hybridized carbons (Fsp3) is 0.200. The Balaban J connectivity index is 1.49. The van der Waals surface area contributed by atoms with Crippen molar-refractivity contribution < 1.29 is 12.8 Å². The summed E-state index contributed by atoms with van der Waals surface area (Å²) in [6, 6.07) is 16.7. The van der Waals surface area contributed by atoms with Gasteiger partial charge in [0.05, 0.1) is 16.6 Å². The monoisotopic (exact) mass is 468 g/mol. The molecule has 0 aromatic heterocycles. The Morgan fingerprint density at radius 1 is 1.06 bits per heavy atom. The van der Waals surface area contributed by atoms with Crippen molar-refractivity contribution in [1.29, 1.82) is 0 Å². The molecule has 0 amide bonds. The highest BCUT2D eigenvalue weighted by Gasteiger charge is 2.39. The summed E-state index contributed by atoms with van der Waals surface area (Å²) in [7, 11) is -3.80. The van der Waals surface area contributed by atoms with Gasteiger partial charge in [-0.05, 0) is 66.8 Å². The predicted molar refractivity (Wildman–Crippen MR) is 126 cm³/mol. The van der Waals surface area contributed by atoms with Crippen molar-refractivity contribution in [3.8, 4) is 0 Å². The van der Waals surface area contributed by atoms with Crippen molar-refractivity contribution in [3.05, 3.63) is 100 Å². The van der Waals surface area contributed by atoms with Crippen LogP contribution in [0.15, 0.2) is 77.7 Å². The van der Waals surface area contributed by atoms with Crippen LogP contribution in [0.5, 0.6) is 0 Å². The Labute approximate surface area is 192 Å². The van der Waals surface area contributed by atoms with Crippen LogP contribution in [0.1, 0.15) is 35.1 Å². The molecule has 0 saturated carbocycles. The molecular formula is C25H22ClFN2O2S. The van der Waals surface area contributed by atoms with E-state index in [4.69, 9.17) is 11.6 Å². The number of nitrogens with one attached hydrogen (secondary N) is 2. The molecule has 7 heteroatoms. The smallest absolute Gasteiger partial charge is 0.261 e. The molecule has 3 atom stereocenters. The van der Waals surface area contributed by atoms with Gasteiger partial charge in [0.1, 0.15) is 5.82 Å². The maximum Gasteiger partial charge on any atom is 0.261 e. The van der Waals surface area contributed by atoms with Gasteiger partial charge in [0.15, 0.2) is 0 Å². The second-order valence-corrected chi connectivity index (χ2v) is 10.4. The summed E-state index contributed by atoms with van der Waals surface area (Å²) in [5, 5.41) is 3.95. The number of fused-ring (bicyclic) bond motifs is 3. The van der Waals surface area contributed by atoms with Gasteiger partial charge in [0, 0.05) is 22.2 Å². The zero-order valence-corrected chi connectivity index (χ0v) is 18.9. The standard InChI is InChI=1S/C25H22ClFN2O2S/c1-15-9-10-16(13-22(15)26)29-32(30,31)17-11-12-24-21(14-17)18-6-4-7-19(18)25(28-24)20-5-2-3-8-23(20)27/h2-6,8-14,18-19,25,28-29H,7H2,1H3/t18-,19+,25-/m0/s1. The first kappa shape index (κ1) is 21.0. The van der Waals surface area contributed by atoms with Crippen LogP contribution in [0, 0.1) is 18.7 Å². The second-order valence-electron chi connectivity index (χ2n) is 8.32. The SMILES string of the molecule is Cc1ccc(NS(=O)(=O)c2ccc3c(c2)[C@H]2C=CC[C@H]2[C@@H](c2ccccc2F)N3)cc1Cl. The maximum absolute atomic E-state index is 14.5. The zero-order chi connectivity index (χ0) is 22.5. The van der Waals surface area contributed by atoms with E-state index in [9.17, 15) is 12.8 Å². The molecule has 0 spiro atoms. The molecular weight excluding hydrogens is 447 g/mol. The molecule has 0 saturated heterocycles. The molecule has 5 rings (SSSR count). The minimum absolute atomic E-state index is 0.0137. The fourth-order valence-corrected chi connectivity index (χ4v) is 5.91. The van der Waals surface area contributed by atoms with Gasteiger partial charge < -0.3 is 5.32 Å². The third-order valence-corrected chi connectivity index (χ3v) is 8.10. The lowest BCUT2D eigenvalue weighted by Gasteiger charge is -2.37. The summed E-state index contributed by atoms with van der Waals surface area (Å²) in [5.41, 5.74) is 3.64. The lowest BCUT2D eigenvalue weighted by atomic mass is 9.77. The van der Waals surface area contributed by atoms with Crippen LogP contribution in [-0.4, -0.2) is 8.42 Å². The van der Waals surface area contributed by atoms with Crippen molar-refractivity contribution in [2.45, 2.75) is 30.2 Å². The Morgan fingerprint density at radius 3 is 2.66 bits per heavy atom. The van der Waals surface area contributed by atoms with Crippen LogP contribution in [0.25, 0.3) is 0 Å². The van der Waals surface area contributed by atoms with Gasteiger partial charge in [-0.1, -0.05) is 48.0 Å². The normalized spacial score (nSPS) is 21.5. The third-order valence-electron chi connectivity index (χ3n) is 6.31. The molecule has 0 radical (unpaired) electrons. The summed E-state index contributed by atoms with van der Waals surface area (Å²) >= 11 is 6.14. The molecule has 0 bridgehead atoms. The van der Waals surface area contributed by atoms with Gasteiger partial charge in [-0.3, -0.25) is 4.72 Å². The van der Waals surface area contributed by atoms with Gasteiger partial charge in [-0.2, -0.15) is 0 Å². The van der Waals surface area contributed by atoms with E-state index in [-0.39, 0.29) is 28.6 Å². The Morgan fingerprint density at radius 2 is 1.88 bits per heavy atom. The molecule has 2 N–H and O–H groups in total. The highest BCUT2D eigenvalue weighted by Crippen LogP contribution is 2.50. The molecule has 3 aromatic rings. The number of rotatable bonds is 4. The van der Waals surface area contributed by atoms with Crippen LogP contribution in [0.4, 0.5) is 15.8 Å². The van der Waals surface area contributed by atoms with E-state index in [0.29, 0.717) is 16.3 Å². The first-order chi connectivity index (χ1) is 15.3. The number of hydrogen-bond acceptors (Lipinski definition) is 3. The third kappa shape index (κ3) is 3.67. The number of halogens is 2. The number of anilines is 2. The molecule has 1 aliphatic carbocycles. The summed E-state index contributed by atoms with van der Waals surface area (Å²) in [5.74, 6) is -0.111. The van der Waals surface area contributed by atoms with Gasteiger partial charge in [0.2, 0.25) is 0 Å². The summed E-state index contributed by atoms with van der Waals surface area (Å²) < 4.78 is 43.3. The lowest BCUT2D eigenvalue weighted by Crippen LogP contribution is -2.30. The first-order valence-corrected chi connectivity index (χ1v) is 12.3. The molecule has 1 heterocycles. The van der Waals surface area contributed by atoms with E-state index in [1.165, 1.54) is 6.07 Å². The van der Waals surface area contributed by atoms with E-state index in [2.05, 4.69) is 22.2 Å². The van der Waals surface area contributed by atoms with Crippen molar-refractivity contribution in [2.24, 2.45) is 5.92 Å². The lowest BCUT2D eigenvalue weighted by molar-refractivity contribution is 0.413. The Bertz CT molecular complexity index is 1340.